The van der Waals surface area contributed by atoms with Crippen LogP contribution >= 0.6 is 22.6 Å². The van der Waals surface area contributed by atoms with Crippen LogP contribution in [0.1, 0.15) is 38.2 Å². The molecule has 1 aliphatic carbocycles. The van der Waals surface area contributed by atoms with Gasteiger partial charge in [-0.05, 0) is 66.1 Å². The average molecular weight is 519 g/mol. The fourth-order valence-corrected chi connectivity index (χ4v) is 5.15. The van der Waals surface area contributed by atoms with Crippen molar-refractivity contribution in [3.63, 3.8) is 0 Å². The molecule has 0 atom stereocenters. The molecule has 1 aromatic carbocycles. The van der Waals surface area contributed by atoms with E-state index in [4.69, 9.17) is 0 Å². The zero-order valence-corrected chi connectivity index (χ0v) is 18.7. The van der Waals surface area contributed by atoms with Gasteiger partial charge in [0.1, 0.15) is 11.6 Å². The molecular formula is C19H23FIN3O3S. The van der Waals surface area contributed by atoms with E-state index in [0.29, 0.717) is 24.8 Å². The third-order valence-corrected chi connectivity index (χ3v) is 7.46. The number of rotatable bonds is 7. The van der Waals surface area contributed by atoms with Gasteiger partial charge in [-0.2, -0.15) is 0 Å². The van der Waals surface area contributed by atoms with E-state index in [9.17, 15) is 17.6 Å². The van der Waals surface area contributed by atoms with Crippen molar-refractivity contribution in [1.29, 1.82) is 0 Å². The highest BCUT2D eigenvalue weighted by Crippen LogP contribution is 2.32. The molecule has 9 heteroatoms. The Morgan fingerprint density at radius 2 is 1.96 bits per heavy atom. The van der Waals surface area contributed by atoms with Crippen LogP contribution < -0.4 is 15.6 Å². The first-order chi connectivity index (χ1) is 13.2. The average Bonchev–Trinajstić information content (AvgIpc) is 2.55. The zero-order chi connectivity index (χ0) is 20.5. The molecule has 152 valence electrons. The number of aromatic nitrogens is 1. The van der Waals surface area contributed by atoms with Crippen molar-refractivity contribution in [2.45, 2.75) is 44.3 Å². The van der Waals surface area contributed by atoms with Gasteiger partial charge in [0.15, 0.2) is 0 Å². The van der Waals surface area contributed by atoms with Crippen LogP contribution in [0.5, 0.6) is 0 Å². The summed E-state index contributed by atoms with van der Waals surface area (Å²) < 4.78 is 44.4. The normalized spacial score (nSPS) is 14.6. The van der Waals surface area contributed by atoms with Crippen LogP contribution in [0.4, 0.5) is 21.6 Å². The summed E-state index contributed by atoms with van der Waals surface area (Å²) in [7, 11) is -2.02. The Morgan fingerprint density at radius 1 is 1.25 bits per heavy atom. The maximum atomic E-state index is 14.3. The van der Waals surface area contributed by atoms with Gasteiger partial charge in [0.2, 0.25) is 10.0 Å². The van der Waals surface area contributed by atoms with Crippen LogP contribution in [0.15, 0.2) is 29.1 Å². The van der Waals surface area contributed by atoms with E-state index in [1.54, 1.807) is 25.2 Å². The Labute approximate surface area is 177 Å². The van der Waals surface area contributed by atoms with Crippen LogP contribution in [0.2, 0.25) is 0 Å². The van der Waals surface area contributed by atoms with E-state index in [-0.39, 0.29) is 22.8 Å². The first kappa shape index (κ1) is 21.1. The van der Waals surface area contributed by atoms with Crippen molar-refractivity contribution in [3.8, 4) is 0 Å². The van der Waals surface area contributed by atoms with E-state index in [0.717, 1.165) is 16.4 Å². The number of anilines is 3. The molecule has 1 saturated carbocycles. The van der Waals surface area contributed by atoms with Gasteiger partial charge < -0.3 is 5.32 Å². The number of hydrogen-bond acceptors (Lipinski definition) is 4. The lowest BCUT2D eigenvalue weighted by atomic mass is 10.0. The van der Waals surface area contributed by atoms with E-state index in [1.165, 1.54) is 10.6 Å². The van der Waals surface area contributed by atoms with Crippen LogP contribution in [0.3, 0.4) is 0 Å². The molecule has 1 aliphatic rings. The topological polar surface area (TPSA) is 80.2 Å². The standard InChI is InChI=1S/C19H23FIN3O3S/c1-3-5-12-10-17(23-28(26,27)14-6-4-7-14)18(24(2)19(12)25)22-16-9-8-13(21)11-15(16)20/h8-11,14,22-23H,3-7H2,1-2H3. The van der Waals surface area contributed by atoms with Gasteiger partial charge in [0.25, 0.3) is 5.56 Å². The number of nitrogens with zero attached hydrogens (tertiary/aromatic N) is 1. The van der Waals surface area contributed by atoms with E-state index in [1.807, 2.05) is 29.5 Å². The highest BCUT2D eigenvalue weighted by Gasteiger charge is 2.32. The van der Waals surface area contributed by atoms with Gasteiger partial charge >= 0.3 is 0 Å². The van der Waals surface area contributed by atoms with Crippen LogP contribution in [0.25, 0.3) is 0 Å². The lowest BCUT2D eigenvalue weighted by Crippen LogP contribution is -2.34. The molecule has 0 spiro atoms. The second kappa shape index (κ2) is 8.40. The number of hydrogen-bond donors (Lipinski definition) is 2. The van der Waals surface area contributed by atoms with Crippen molar-refractivity contribution < 1.29 is 12.8 Å². The molecule has 1 heterocycles. The zero-order valence-electron chi connectivity index (χ0n) is 15.8. The second-order valence-corrected chi connectivity index (χ2v) is 10.2. The Bertz CT molecular complexity index is 1050. The molecule has 2 aromatic rings. The van der Waals surface area contributed by atoms with Crippen LogP contribution in [-0.4, -0.2) is 18.2 Å². The summed E-state index contributed by atoms with van der Waals surface area (Å²) >= 11 is 2.01. The van der Waals surface area contributed by atoms with Crippen molar-refractivity contribution in [2.75, 3.05) is 10.0 Å². The van der Waals surface area contributed by atoms with Crippen LogP contribution in [0, 0.1) is 9.39 Å². The number of nitrogens with one attached hydrogen (secondary N) is 2. The summed E-state index contributed by atoms with van der Waals surface area (Å²) in [6, 6.07) is 6.22. The molecule has 28 heavy (non-hydrogen) atoms. The fraction of sp³-hybridized carbons (Fsp3) is 0.421. The third-order valence-electron chi connectivity index (χ3n) is 4.94. The summed E-state index contributed by atoms with van der Waals surface area (Å²) in [4.78, 5) is 12.7. The van der Waals surface area contributed by atoms with Crippen molar-refractivity contribution >= 4 is 49.8 Å². The van der Waals surface area contributed by atoms with Crippen molar-refractivity contribution in [3.05, 3.63) is 49.6 Å². The first-order valence-corrected chi connectivity index (χ1v) is 11.8. The SMILES string of the molecule is CCCc1cc(NS(=O)(=O)C2CCC2)c(Nc2ccc(I)cc2F)n(C)c1=O. The number of halogens is 2. The fourth-order valence-electron chi connectivity index (χ4n) is 3.12. The highest BCUT2D eigenvalue weighted by atomic mass is 127. The quantitative estimate of drug-likeness (QED) is 0.540. The van der Waals surface area contributed by atoms with Gasteiger partial charge in [-0.1, -0.05) is 19.8 Å². The minimum Gasteiger partial charge on any atom is -0.337 e. The van der Waals surface area contributed by atoms with Gasteiger partial charge in [-0.15, -0.1) is 0 Å². The maximum absolute atomic E-state index is 14.3. The van der Waals surface area contributed by atoms with E-state index in [2.05, 4.69) is 10.0 Å². The molecule has 0 unspecified atom stereocenters. The van der Waals surface area contributed by atoms with E-state index >= 15 is 0 Å². The number of aryl methyl sites for hydroxylation is 1. The lowest BCUT2D eigenvalue weighted by Gasteiger charge is -2.27. The molecule has 6 nitrogen and oxygen atoms in total. The summed E-state index contributed by atoms with van der Waals surface area (Å²) in [5, 5.41) is 2.47. The van der Waals surface area contributed by atoms with Crippen molar-refractivity contribution in [2.24, 2.45) is 7.05 Å². The predicted octanol–water partition coefficient (Wildman–Crippen LogP) is 4.12. The summed E-state index contributed by atoms with van der Waals surface area (Å²) in [5.41, 5.74) is 0.713. The monoisotopic (exact) mass is 519 g/mol. The molecule has 0 aliphatic heterocycles. The molecule has 0 amide bonds. The number of pyridine rings is 1. The Balaban J connectivity index is 2.08. The molecule has 2 N–H and O–H groups in total. The summed E-state index contributed by atoms with van der Waals surface area (Å²) in [6.45, 7) is 1.95. The van der Waals surface area contributed by atoms with Gasteiger partial charge in [0.05, 0.1) is 16.6 Å². The Kier molecular flexibility index (Phi) is 6.33. The third kappa shape index (κ3) is 4.35. The largest absolute Gasteiger partial charge is 0.337 e. The first-order valence-electron chi connectivity index (χ1n) is 9.19. The minimum atomic E-state index is -3.57. The van der Waals surface area contributed by atoms with E-state index < -0.39 is 21.1 Å². The predicted molar refractivity (Wildman–Crippen MR) is 118 cm³/mol. The van der Waals surface area contributed by atoms with Gasteiger partial charge in [-0.3, -0.25) is 14.1 Å². The molecule has 0 saturated heterocycles. The summed E-state index contributed by atoms with van der Waals surface area (Å²) in [5.74, 6) is -0.266. The Morgan fingerprint density at radius 3 is 2.54 bits per heavy atom. The maximum Gasteiger partial charge on any atom is 0.255 e. The van der Waals surface area contributed by atoms with Crippen LogP contribution in [-0.2, 0) is 23.5 Å². The highest BCUT2D eigenvalue weighted by molar-refractivity contribution is 14.1. The van der Waals surface area contributed by atoms with Gasteiger partial charge in [0, 0.05) is 16.2 Å². The minimum absolute atomic E-state index is 0.169. The molecule has 0 bridgehead atoms. The summed E-state index contributed by atoms with van der Waals surface area (Å²) in [6.07, 6.45) is 3.42. The Hall–Kier alpha value is -1.62. The molecule has 1 aromatic heterocycles. The molecule has 0 radical (unpaired) electrons. The second-order valence-electron chi connectivity index (χ2n) is 7.00. The smallest absolute Gasteiger partial charge is 0.255 e. The number of benzene rings is 1. The number of sulfonamides is 1. The molecule has 1 fully saturated rings. The molecule has 3 rings (SSSR count). The van der Waals surface area contributed by atoms with Crippen molar-refractivity contribution in [1.82, 2.24) is 4.57 Å². The molecular weight excluding hydrogens is 496 g/mol. The lowest BCUT2D eigenvalue weighted by molar-refractivity contribution is 0.479. The van der Waals surface area contributed by atoms with Gasteiger partial charge in [-0.25, -0.2) is 12.8 Å².